The van der Waals surface area contributed by atoms with E-state index in [4.69, 9.17) is 16.3 Å². The van der Waals surface area contributed by atoms with E-state index in [2.05, 4.69) is 34.2 Å². The molecule has 19 heavy (non-hydrogen) atoms. The number of ether oxygens (including phenoxy) is 1. The van der Waals surface area contributed by atoms with E-state index in [-0.39, 0.29) is 6.04 Å². The zero-order valence-corrected chi connectivity index (χ0v) is 13.1. The maximum absolute atomic E-state index is 5.94. The van der Waals surface area contributed by atoms with Crippen molar-refractivity contribution in [1.82, 2.24) is 0 Å². The zero-order valence-electron chi connectivity index (χ0n) is 10.8. The summed E-state index contributed by atoms with van der Waals surface area (Å²) in [5.41, 5.74) is 2.12. The monoisotopic (exact) mass is 339 g/mol. The summed E-state index contributed by atoms with van der Waals surface area (Å²) >= 11 is 9.45. The third-order valence-electron chi connectivity index (χ3n) is 2.91. The second-order valence-electron chi connectivity index (χ2n) is 4.23. The lowest BCUT2D eigenvalue weighted by Gasteiger charge is -2.19. The summed E-state index contributed by atoms with van der Waals surface area (Å²) in [4.78, 5) is 0. The van der Waals surface area contributed by atoms with Gasteiger partial charge in [-0.25, -0.2) is 0 Å². The van der Waals surface area contributed by atoms with Gasteiger partial charge in [0, 0.05) is 20.7 Å². The summed E-state index contributed by atoms with van der Waals surface area (Å²) in [6.45, 7) is 2.10. The van der Waals surface area contributed by atoms with Crippen molar-refractivity contribution in [3.05, 3.63) is 57.5 Å². The Labute approximate surface area is 126 Å². The number of nitrogens with one attached hydrogen (secondary N) is 1. The van der Waals surface area contributed by atoms with Gasteiger partial charge < -0.3 is 10.1 Å². The van der Waals surface area contributed by atoms with Crippen molar-refractivity contribution in [1.29, 1.82) is 0 Å². The van der Waals surface area contributed by atoms with E-state index < -0.39 is 0 Å². The molecule has 0 aliphatic carbocycles. The molecule has 2 rings (SSSR count). The quantitative estimate of drug-likeness (QED) is 0.817. The van der Waals surface area contributed by atoms with E-state index in [1.165, 1.54) is 0 Å². The van der Waals surface area contributed by atoms with Gasteiger partial charge in [0.25, 0.3) is 0 Å². The van der Waals surface area contributed by atoms with E-state index in [9.17, 15) is 0 Å². The Kier molecular flexibility index (Phi) is 4.72. The van der Waals surface area contributed by atoms with Gasteiger partial charge in [0.2, 0.25) is 0 Å². The predicted octanol–water partition coefficient (Wildman–Crippen LogP) is 5.28. The average Bonchev–Trinajstić information content (AvgIpc) is 2.41. The molecule has 2 aromatic rings. The van der Waals surface area contributed by atoms with Crippen molar-refractivity contribution in [3.63, 3.8) is 0 Å². The van der Waals surface area contributed by atoms with Crippen LogP contribution in [0.4, 0.5) is 5.69 Å². The Bertz CT molecular complexity index is 574. The first-order valence-electron chi connectivity index (χ1n) is 5.96. The summed E-state index contributed by atoms with van der Waals surface area (Å²) in [6.07, 6.45) is 0. The molecule has 4 heteroatoms. The zero-order chi connectivity index (χ0) is 13.8. The summed E-state index contributed by atoms with van der Waals surface area (Å²) in [7, 11) is 1.68. The van der Waals surface area contributed by atoms with Crippen LogP contribution < -0.4 is 10.1 Å². The van der Waals surface area contributed by atoms with Crippen molar-refractivity contribution in [2.75, 3.05) is 12.4 Å². The van der Waals surface area contributed by atoms with Gasteiger partial charge in [-0.2, -0.15) is 0 Å². The highest BCUT2D eigenvalue weighted by Gasteiger charge is 2.11. The largest absolute Gasteiger partial charge is 0.496 e. The molecule has 0 aliphatic rings. The van der Waals surface area contributed by atoms with Crippen LogP contribution in [0.15, 0.2) is 46.9 Å². The van der Waals surface area contributed by atoms with E-state index in [0.29, 0.717) is 5.02 Å². The van der Waals surface area contributed by atoms with E-state index in [1.54, 1.807) is 7.11 Å². The van der Waals surface area contributed by atoms with Crippen molar-refractivity contribution in [2.45, 2.75) is 13.0 Å². The molecule has 0 saturated carbocycles. The van der Waals surface area contributed by atoms with Crippen LogP contribution in [0.5, 0.6) is 5.75 Å². The molecule has 0 amide bonds. The molecule has 2 nitrogen and oxygen atoms in total. The molecule has 0 aliphatic heterocycles. The molecule has 0 bridgehead atoms. The Morgan fingerprint density at radius 2 is 1.95 bits per heavy atom. The Balaban J connectivity index is 2.23. The second kappa shape index (κ2) is 6.31. The fourth-order valence-electron chi connectivity index (χ4n) is 1.94. The molecular weight excluding hydrogens is 326 g/mol. The maximum Gasteiger partial charge on any atom is 0.124 e. The van der Waals surface area contributed by atoms with Crippen LogP contribution in [0.1, 0.15) is 18.5 Å². The van der Waals surface area contributed by atoms with Gasteiger partial charge in [-0.15, -0.1) is 0 Å². The lowest BCUT2D eigenvalue weighted by molar-refractivity contribution is 0.408. The van der Waals surface area contributed by atoms with Crippen LogP contribution in [0.3, 0.4) is 0 Å². The van der Waals surface area contributed by atoms with Crippen LogP contribution in [-0.4, -0.2) is 7.11 Å². The van der Waals surface area contributed by atoms with Crippen molar-refractivity contribution in [2.24, 2.45) is 0 Å². The molecule has 1 N–H and O–H groups in total. The van der Waals surface area contributed by atoms with Crippen LogP contribution in [0.25, 0.3) is 0 Å². The van der Waals surface area contributed by atoms with Crippen molar-refractivity contribution in [3.8, 4) is 5.75 Å². The molecule has 2 aromatic carbocycles. The molecule has 0 saturated heterocycles. The molecule has 0 heterocycles. The molecule has 0 aromatic heterocycles. The number of methoxy groups -OCH3 is 1. The minimum atomic E-state index is 0.133. The minimum absolute atomic E-state index is 0.133. The molecule has 100 valence electrons. The SMILES string of the molecule is COc1ccccc1C(C)Nc1ccc(Cl)cc1Br. The summed E-state index contributed by atoms with van der Waals surface area (Å²) in [5.74, 6) is 0.882. The Morgan fingerprint density at radius 3 is 2.63 bits per heavy atom. The second-order valence-corrected chi connectivity index (χ2v) is 5.52. The fourth-order valence-corrected chi connectivity index (χ4v) is 2.74. The highest BCUT2D eigenvalue weighted by Crippen LogP contribution is 2.31. The van der Waals surface area contributed by atoms with Gasteiger partial charge in [0.15, 0.2) is 0 Å². The number of benzene rings is 2. The van der Waals surface area contributed by atoms with Gasteiger partial charge in [-0.3, -0.25) is 0 Å². The van der Waals surface area contributed by atoms with E-state index in [0.717, 1.165) is 21.5 Å². The maximum atomic E-state index is 5.94. The Hall–Kier alpha value is -1.19. The van der Waals surface area contributed by atoms with Crippen LogP contribution in [0, 0.1) is 0 Å². The van der Waals surface area contributed by atoms with Crippen LogP contribution >= 0.6 is 27.5 Å². The fraction of sp³-hybridized carbons (Fsp3) is 0.200. The third-order valence-corrected chi connectivity index (χ3v) is 3.80. The van der Waals surface area contributed by atoms with Crippen LogP contribution in [-0.2, 0) is 0 Å². The van der Waals surface area contributed by atoms with Gasteiger partial charge in [-0.05, 0) is 47.1 Å². The molecule has 0 spiro atoms. The molecular formula is C15H15BrClNO. The van der Waals surface area contributed by atoms with E-state index in [1.807, 2.05) is 36.4 Å². The smallest absolute Gasteiger partial charge is 0.124 e. The number of hydrogen-bond donors (Lipinski definition) is 1. The van der Waals surface area contributed by atoms with E-state index >= 15 is 0 Å². The number of rotatable bonds is 4. The standard InChI is InChI=1S/C15H15BrClNO/c1-10(12-5-3-4-6-15(12)19-2)18-14-8-7-11(17)9-13(14)16/h3-10,18H,1-2H3. The molecule has 0 radical (unpaired) electrons. The predicted molar refractivity (Wildman–Crippen MR) is 84.2 cm³/mol. The molecule has 1 atom stereocenters. The topological polar surface area (TPSA) is 21.3 Å². The van der Waals surface area contributed by atoms with Crippen molar-refractivity contribution < 1.29 is 4.74 Å². The summed E-state index contributed by atoms with van der Waals surface area (Å²) < 4.78 is 6.33. The lowest BCUT2D eigenvalue weighted by Crippen LogP contribution is -2.08. The first kappa shape index (κ1) is 14.2. The van der Waals surface area contributed by atoms with Crippen LogP contribution in [0.2, 0.25) is 5.02 Å². The van der Waals surface area contributed by atoms with Crippen molar-refractivity contribution >= 4 is 33.2 Å². The summed E-state index contributed by atoms with van der Waals surface area (Å²) in [5, 5.41) is 4.15. The van der Waals surface area contributed by atoms with Gasteiger partial charge >= 0.3 is 0 Å². The highest BCUT2D eigenvalue weighted by atomic mass is 79.9. The third kappa shape index (κ3) is 3.43. The molecule has 1 unspecified atom stereocenters. The van der Waals surface area contributed by atoms with Gasteiger partial charge in [0.1, 0.15) is 5.75 Å². The number of para-hydroxylation sites is 1. The number of anilines is 1. The molecule has 0 fully saturated rings. The van der Waals surface area contributed by atoms with Gasteiger partial charge in [-0.1, -0.05) is 29.8 Å². The van der Waals surface area contributed by atoms with Gasteiger partial charge in [0.05, 0.1) is 13.2 Å². The highest BCUT2D eigenvalue weighted by molar-refractivity contribution is 9.10. The normalized spacial score (nSPS) is 12.0. The lowest BCUT2D eigenvalue weighted by atomic mass is 10.1. The Morgan fingerprint density at radius 1 is 1.21 bits per heavy atom. The average molecular weight is 341 g/mol. The number of halogens is 2. The minimum Gasteiger partial charge on any atom is -0.496 e. The first-order chi connectivity index (χ1) is 9.11. The number of hydrogen-bond acceptors (Lipinski definition) is 2. The summed E-state index contributed by atoms with van der Waals surface area (Å²) in [6, 6.07) is 13.8. The first-order valence-corrected chi connectivity index (χ1v) is 7.13.